The molecule has 0 aromatic rings. The highest BCUT2D eigenvalue weighted by atomic mass is 16.7. The lowest BCUT2D eigenvalue weighted by Crippen LogP contribution is -2.60. The number of amides is 1. The summed E-state index contributed by atoms with van der Waals surface area (Å²) in [6.45, 7) is 3.70. The van der Waals surface area contributed by atoms with E-state index in [0.29, 0.717) is 6.42 Å². The van der Waals surface area contributed by atoms with Crippen molar-refractivity contribution in [3.8, 4) is 0 Å². The van der Waals surface area contributed by atoms with Gasteiger partial charge in [-0.25, -0.2) is 0 Å². The first-order valence-electron chi connectivity index (χ1n) is 21.4. The minimum absolute atomic E-state index is 0.204. The molecular weight excluding hydrogens is 670 g/mol. The molecule has 1 fully saturated rings. The SMILES string of the molecule is CCCCC/C=C/C/C=C/CCCCCCCC(=O)N[C@@H](CO[C@H]1O[C@@H](CO)[C@H](O)C(O)C1O)[C@H](O)/C=C/CC/C=C/CCCCCCCCCCC. The molecule has 0 bridgehead atoms. The Bertz CT molecular complexity index is 967. The largest absolute Gasteiger partial charge is 0.394 e. The summed E-state index contributed by atoms with van der Waals surface area (Å²) in [5, 5.41) is 54.0. The Kier molecular flexibility index (Phi) is 32.1. The Morgan fingerprint density at radius 3 is 1.74 bits per heavy atom. The first-order chi connectivity index (χ1) is 25.8. The van der Waals surface area contributed by atoms with Gasteiger partial charge in [0.25, 0.3) is 0 Å². The van der Waals surface area contributed by atoms with Crippen LogP contribution in [-0.2, 0) is 14.3 Å². The third kappa shape index (κ3) is 25.8. The molecule has 1 aliphatic rings. The average molecular weight is 750 g/mol. The van der Waals surface area contributed by atoms with Gasteiger partial charge in [0.15, 0.2) is 6.29 Å². The highest BCUT2D eigenvalue weighted by Crippen LogP contribution is 2.22. The van der Waals surface area contributed by atoms with E-state index in [9.17, 15) is 30.3 Å². The molecule has 53 heavy (non-hydrogen) atoms. The fourth-order valence-electron chi connectivity index (χ4n) is 6.38. The third-order valence-corrected chi connectivity index (χ3v) is 9.88. The molecule has 0 spiro atoms. The number of aliphatic hydroxyl groups excluding tert-OH is 5. The van der Waals surface area contributed by atoms with Crippen LogP contribution in [0.1, 0.15) is 168 Å². The Morgan fingerprint density at radius 1 is 0.642 bits per heavy atom. The molecule has 9 heteroatoms. The quantitative estimate of drug-likeness (QED) is 0.0285. The maximum atomic E-state index is 12.9. The van der Waals surface area contributed by atoms with Crippen molar-refractivity contribution in [2.24, 2.45) is 0 Å². The lowest BCUT2D eigenvalue weighted by atomic mass is 9.99. The van der Waals surface area contributed by atoms with Gasteiger partial charge in [-0.3, -0.25) is 4.79 Å². The molecule has 0 aromatic carbocycles. The van der Waals surface area contributed by atoms with E-state index < -0.39 is 49.5 Å². The van der Waals surface area contributed by atoms with Gasteiger partial charge >= 0.3 is 0 Å². The van der Waals surface area contributed by atoms with E-state index >= 15 is 0 Å². The molecule has 0 radical (unpaired) electrons. The second-order valence-electron chi connectivity index (χ2n) is 14.8. The Morgan fingerprint density at radius 2 is 1.13 bits per heavy atom. The molecule has 0 aromatic heterocycles. The number of aliphatic hydroxyl groups is 5. The maximum Gasteiger partial charge on any atom is 0.220 e. The van der Waals surface area contributed by atoms with Gasteiger partial charge in [-0.05, 0) is 64.2 Å². The zero-order valence-electron chi connectivity index (χ0n) is 33.5. The topological polar surface area (TPSA) is 149 Å². The lowest BCUT2D eigenvalue weighted by molar-refractivity contribution is -0.302. The maximum absolute atomic E-state index is 12.9. The van der Waals surface area contributed by atoms with Crippen LogP contribution in [-0.4, -0.2) is 87.5 Å². The monoisotopic (exact) mass is 750 g/mol. The molecule has 308 valence electrons. The van der Waals surface area contributed by atoms with E-state index in [0.717, 1.165) is 64.2 Å². The van der Waals surface area contributed by atoms with E-state index in [1.165, 1.54) is 83.5 Å². The summed E-state index contributed by atoms with van der Waals surface area (Å²) >= 11 is 0. The van der Waals surface area contributed by atoms with Crippen LogP contribution in [0.5, 0.6) is 0 Å². The van der Waals surface area contributed by atoms with E-state index in [4.69, 9.17) is 9.47 Å². The lowest BCUT2D eigenvalue weighted by Gasteiger charge is -2.40. The van der Waals surface area contributed by atoms with Crippen LogP contribution in [0, 0.1) is 0 Å². The number of nitrogens with one attached hydrogen (secondary N) is 1. The van der Waals surface area contributed by atoms with E-state index in [2.05, 4.69) is 55.6 Å². The number of carbonyl (C=O) groups excluding carboxylic acids is 1. The second kappa shape index (κ2) is 34.6. The molecule has 1 aliphatic heterocycles. The molecule has 0 saturated carbocycles. The van der Waals surface area contributed by atoms with Gasteiger partial charge < -0.3 is 40.3 Å². The number of rotatable bonds is 34. The minimum Gasteiger partial charge on any atom is -0.394 e. The van der Waals surface area contributed by atoms with Crippen LogP contribution < -0.4 is 5.32 Å². The molecular formula is C44H79NO8. The third-order valence-electron chi connectivity index (χ3n) is 9.88. The van der Waals surface area contributed by atoms with Crippen molar-refractivity contribution in [3.05, 3.63) is 48.6 Å². The first-order valence-corrected chi connectivity index (χ1v) is 21.4. The van der Waals surface area contributed by atoms with Gasteiger partial charge in [0.2, 0.25) is 5.91 Å². The summed E-state index contributed by atoms with van der Waals surface area (Å²) in [5.74, 6) is -0.204. The normalized spacial score (nSPS) is 22.1. The summed E-state index contributed by atoms with van der Waals surface area (Å²) in [5.41, 5.74) is 0. The van der Waals surface area contributed by atoms with E-state index in [1.807, 2.05) is 6.08 Å². The van der Waals surface area contributed by atoms with Crippen molar-refractivity contribution >= 4 is 5.91 Å². The molecule has 1 amide bonds. The molecule has 2 unspecified atom stereocenters. The number of carbonyl (C=O) groups is 1. The van der Waals surface area contributed by atoms with Gasteiger partial charge in [-0.2, -0.15) is 0 Å². The Hall–Kier alpha value is -1.85. The van der Waals surface area contributed by atoms with E-state index in [-0.39, 0.29) is 12.5 Å². The standard InChI is InChI=1S/C44H79NO8/c1-3-5-7-9-11-13-15-17-19-21-23-25-27-29-31-33-38(47)37(36-52-44-43(51)42(50)41(49)39(35-46)53-44)45-40(48)34-32-30-28-26-24-22-20-18-16-14-12-10-8-6-4-2/h12,14,18,20,23,25,31,33,37-39,41-44,46-47,49-51H,3-11,13,15-17,19,21-22,24,26-30,32,34-36H2,1-2H3,(H,45,48)/b14-12+,20-18+,25-23+,33-31+/t37-,38+,39-,41-,42?,43?,44-/m0/s1. The first kappa shape index (κ1) is 49.2. The molecule has 0 aliphatic carbocycles. The molecule has 1 rings (SSSR count). The van der Waals surface area contributed by atoms with Gasteiger partial charge in [-0.15, -0.1) is 0 Å². The van der Waals surface area contributed by atoms with Crippen LogP contribution in [0.2, 0.25) is 0 Å². The van der Waals surface area contributed by atoms with Crippen LogP contribution in [0.15, 0.2) is 48.6 Å². The molecule has 9 nitrogen and oxygen atoms in total. The molecule has 7 atom stereocenters. The summed E-state index contributed by atoms with van der Waals surface area (Å²) in [6, 6.07) is -0.828. The Balaban J connectivity index is 2.45. The number of hydrogen-bond donors (Lipinski definition) is 6. The van der Waals surface area contributed by atoms with Crippen LogP contribution in [0.25, 0.3) is 0 Å². The summed E-state index contributed by atoms with van der Waals surface area (Å²) in [7, 11) is 0. The summed E-state index contributed by atoms with van der Waals surface area (Å²) in [6.07, 6.45) is 35.8. The summed E-state index contributed by atoms with van der Waals surface area (Å²) in [4.78, 5) is 12.9. The Labute approximate surface area is 323 Å². The van der Waals surface area contributed by atoms with Gasteiger partial charge in [0.05, 0.1) is 25.4 Å². The fraction of sp³-hybridized carbons (Fsp3) is 0.795. The van der Waals surface area contributed by atoms with Crippen molar-refractivity contribution in [3.63, 3.8) is 0 Å². The zero-order valence-corrected chi connectivity index (χ0v) is 33.5. The minimum atomic E-state index is -1.57. The van der Waals surface area contributed by atoms with Crippen LogP contribution in [0.3, 0.4) is 0 Å². The van der Waals surface area contributed by atoms with Gasteiger partial charge in [-0.1, -0.05) is 146 Å². The number of allylic oxidation sites excluding steroid dienone is 7. The number of unbranched alkanes of at least 4 members (excludes halogenated alkanes) is 18. The predicted molar refractivity (Wildman–Crippen MR) is 216 cm³/mol. The van der Waals surface area contributed by atoms with Crippen molar-refractivity contribution < 1.29 is 39.8 Å². The highest BCUT2D eigenvalue weighted by Gasteiger charge is 2.44. The molecule has 1 heterocycles. The predicted octanol–water partition coefficient (Wildman–Crippen LogP) is 8.28. The van der Waals surface area contributed by atoms with E-state index in [1.54, 1.807) is 6.08 Å². The fourth-order valence-corrected chi connectivity index (χ4v) is 6.38. The molecule has 6 N–H and O–H groups in total. The van der Waals surface area contributed by atoms with Gasteiger partial charge in [0, 0.05) is 6.42 Å². The van der Waals surface area contributed by atoms with Crippen LogP contribution >= 0.6 is 0 Å². The smallest absolute Gasteiger partial charge is 0.220 e. The van der Waals surface area contributed by atoms with Crippen molar-refractivity contribution in [1.82, 2.24) is 5.32 Å². The second-order valence-corrected chi connectivity index (χ2v) is 14.8. The van der Waals surface area contributed by atoms with Crippen LogP contribution in [0.4, 0.5) is 0 Å². The van der Waals surface area contributed by atoms with Crippen molar-refractivity contribution in [1.29, 1.82) is 0 Å². The average Bonchev–Trinajstić information content (AvgIpc) is 3.16. The number of hydrogen-bond acceptors (Lipinski definition) is 8. The highest BCUT2D eigenvalue weighted by molar-refractivity contribution is 5.76. The van der Waals surface area contributed by atoms with Crippen molar-refractivity contribution in [2.45, 2.75) is 211 Å². The van der Waals surface area contributed by atoms with Gasteiger partial charge in [0.1, 0.15) is 24.4 Å². The molecule has 1 saturated heterocycles. The summed E-state index contributed by atoms with van der Waals surface area (Å²) < 4.78 is 11.2. The van der Waals surface area contributed by atoms with Crippen molar-refractivity contribution in [2.75, 3.05) is 13.2 Å². The number of ether oxygens (including phenoxy) is 2. The zero-order chi connectivity index (χ0) is 38.8.